The zero-order valence-electron chi connectivity index (χ0n) is 18.1. The Hall–Kier alpha value is -3.80. The summed E-state index contributed by atoms with van der Waals surface area (Å²) >= 11 is 0. The summed E-state index contributed by atoms with van der Waals surface area (Å²) in [5, 5.41) is 8.87. The number of rotatable bonds is 6. The first-order chi connectivity index (χ1) is 14.9. The van der Waals surface area contributed by atoms with Crippen molar-refractivity contribution >= 4 is 17.4 Å². The molecule has 0 spiro atoms. The minimum atomic E-state index is -0.605. The third-order valence-corrected chi connectivity index (χ3v) is 4.91. The van der Waals surface area contributed by atoms with Crippen molar-refractivity contribution in [3.63, 3.8) is 0 Å². The first-order valence-corrected chi connectivity index (χ1v) is 10.0. The summed E-state index contributed by atoms with van der Waals surface area (Å²) < 4.78 is 4.93. The van der Waals surface area contributed by atoms with E-state index >= 15 is 0 Å². The number of nitrogens with one attached hydrogen (secondary N) is 1. The standard InChI is InChI=1S/C25H25N3O3/c1-5-21(18-9-7-6-8-10-18)28-27-17(3)23-20(25(30)31-4)15-22(29)26-24(23)19-13-11-16(2)12-14-19/h6-15H,5H2,1-4H3,(H,26,29)/b27-17-,28-21-. The molecule has 0 aliphatic heterocycles. The Balaban J connectivity index is 2.20. The second kappa shape index (κ2) is 9.80. The van der Waals surface area contributed by atoms with E-state index in [0.717, 1.165) is 22.4 Å². The average molecular weight is 415 g/mol. The number of hydrogen-bond donors (Lipinski definition) is 1. The second-order valence-electron chi connectivity index (χ2n) is 7.11. The molecule has 1 aromatic heterocycles. The molecule has 3 aromatic rings. The molecule has 3 rings (SSSR count). The second-order valence-corrected chi connectivity index (χ2v) is 7.11. The van der Waals surface area contributed by atoms with Gasteiger partial charge in [0.1, 0.15) is 0 Å². The van der Waals surface area contributed by atoms with Crippen LogP contribution in [0, 0.1) is 6.92 Å². The van der Waals surface area contributed by atoms with E-state index in [1.807, 2.05) is 68.4 Å². The summed E-state index contributed by atoms with van der Waals surface area (Å²) in [5.74, 6) is -0.605. The smallest absolute Gasteiger partial charge is 0.338 e. The van der Waals surface area contributed by atoms with Gasteiger partial charge >= 0.3 is 5.97 Å². The van der Waals surface area contributed by atoms with Crippen molar-refractivity contribution < 1.29 is 9.53 Å². The van der Waals surface area contributed by atoms with Crippen molar-refractivity contribution in [2.24, 2.45) is 10.2 Å². The Kier molecular flexibility index (Phi) is 6.92. The predicted molar refractivity (Wildman–Crippen MR) is 124 cm³/mol. The van der Waals surface area contributed by atoms with E-state index in [0.29, 0.717) is 23.4 Å². The van der Waals surface area contributed by atoms with Crippen molar-refractivity contribution in [3.8, 4) is 11.3 Å². The average Bonchev–Trinajstić information content (AvgIpc) is 2.79. The van der Waals surface area contributed by atoms with E-state index in [1.165, 1.54) is 13.2 Å². The molecule has 6 nitrogen and oxygen atoms in total. The maximum absolute atomic E-state index is 12.5. The van der Waals surface area contributed by atoms with Gasteiger partial charge in [0.15, 0.2) is 0 Å². The molecule has 1 heterocycles. The van der Waals surface area contributed by atoms with Crippen LogP contribution in [0.4, 0.5) is 0 Å². The molecule has 0 fully saturated rings. The molecule has 6 heteroatoms. The van der Waals surface area contributed by atoms with Crippen LogP contribution < -0.4 is 5.56 Å². The molecular weight excluding hydrogens is 390 g/mol. The Morgan fingerprint density at radius 3 is 2.32 bits per heavy atom. The Labute approximate surface area is 181 Å². The van der Waals surface area contributed by atoms with Gasteiger partial charge in [0.05, 0.1) is 29.8 Å². The maximum Gasteiger partial charge on any atom is 0.338 e. The highest BCUT2D eigenvalue weighted by molar-refractivity contribution is 6.12. The molecule has 0 bridgehead atoms. The van der Waals surface area contributed by atoms with Gasteiger partial charge in [-0.25, -0.2) is 4.79 Å². The zero-order valence-corrected chi connectivity index (χ0v) is 18.1. The van der Waals surface area contributed by atoms with Gasteiger partial charge in [-0.15, -0.1) is 0 Å². The quantitative estimate of drug-likeness (QED) is 0.358. The number of hydrogen-bond acceptors (Lipinski definition) is 5. The molecule has 0 aliphatic carbocycles. The fraction of sp³-hybridized carbons (Fsp3) is 0.200. The fourth-order valence-corrected chi connectivity index (χ4v) is 3.29. The van der Waals surface area contributed by atoms with Gasteiger partial charge < -0.3 is 9.72 Å². The van der Waals surface area contributed by atoms with E-state index in [-0.39, 0.29) is 5.56 Å². The zero-order chi connectivity index (χ0) is 22.4. The van der Waals surface area contributed by atoms with Crippen LogP contribution in [0.5, 0.6) is 0 Å². The van der Waals surface area contributed by atoms with E-state index in [1.54, 1.807) is 6.92 Å². The molecule has 0 unspecified atom stereocenters. The van der Waals surface area contributed by atoms with Gasteiger partial charge in [-0.3, -0.25) is 4.79 Å². The Morgan fingerprint density at radius 2 is 1.71 bits per heavy atom. The number of aryl methyl sites for hydroxylation is 1. The molecular formula is C25H25N3O3. The third-order valence-electron chi connectivity index (χ3n) is 4.91. The number of aromatic nitrogens is 1. The highest BCUT2D eigenvalue weighted by Crippen LogP contribution is 2.25. The fourth-order valence-electron chi connectivity index (χ4n) is 3.29. The molecule has 0 aliphatic rings. The predicted octanol–water partition coefficient (Wildman–Crippen LogP) is 4.76. The van der Waals surface area contributed by atoms with Crippen LogP contribution in [0.1, 0.15) is 47.3 Å². The molecule has 0 saturated heterocycles. The lowest BCUT2D eigenvalue weighted by Gasteiger charge is -2.13. The molecule has 0 amide bonds. The lowest BCUT2D eigenvalue weighted by atomic mass is 9.97. The van der Waals surface area contributed by atoms with Crippen LogP contribution in [-0.2, 0) is 4.74 Å². The van der Waals surface area contributed by atoms with Gasteiger partial charge in [0, 0.05) is 11.6 Å². The number of pyridine rings is 1. The number of carbonyl (C=O) groups excluding carboxylic acids is 1. The highest BCUT2D eigenvalue weighted by Gasteiger charge is 2.21. The van der Waals surface area contributed by atoms with Crippen LogP contribution in [0.3, 0.4) is 0 Å². The normalized spacial score (nSPS) is 12.0. The van der Waals surface area contributed by atoms with Crippen LogP contribution >= 0.6 is 0 Å². The molecule has 2 aromatic carbocycles. The summed E-state index contributed by atoms with van der Waals surface area (Å²) in [6, 6.07) is 18.7. The minimum absolute atomic E-state index is 0.149. The lowest BCUT2D eigenvalue weighted by molar-refractivity contribution is 0.0600. The van der Waals surface area contributed by atoms with Crippen LogP contribution in [0.2, 0.25) is 0 Å². The summed E-state index contributed by atoms with van der Waals surface area (Å²) in [7, 11) is 1.29. The van der Waals surface area contributed by atoms with Crippen molar-refractivity contribution in [1.29, 1.82) is 0 Å². The molecule has 0 radical (unpaired) electrons. The summed E-state index contributed by atoms with van der Waals surface area (Å²) in [4.78, 5) is 27.6. The molecule has 0 saturated carbocycles. The maximum atomic E-state index is 12.5. The van der Waals surface area contributed by atoms with Gasteiger partial charge in [-0.05, 0) is 31.4 Å². The minimum Gasteiger partial charge on any atom is -0.465 e. The Bertz CT molecular complexity index is 1190. The first kappa shape index (κ1) is 21.9. The number of H-pyrrole nitrogens is 1. The van der Waals surface area contributed by atoms with Crippen molar-refractivity contribution in [3.05, 3.63) is 93.3 Å². The van der Waals surface area contributed by atoms with Gasteiger partial charge in [0.2, 0.25) is 5.56 Å². The van der Waals surface area contributed by atoms with Crippen LogP contribution in [0.25, 0.3) is 11.3 Å². The molecule has 1 N–H and O–H groups in total. The number of benzene rings is 2. The van der Waals surface area contributed by atoms with E-state index < -0.39 is 11.5 Å². The first-order valence-electron chi connectivity index (χ1n) is 10.0. The summed E-state index contributed by atoms with van der Waals surface area (Å²) in [6.07, 6.45) is 0.696. The van der Waals surface area contributed by atoms with E-state index in [4.69, 9.17) is 4.74 Å². The topological polar surface area (TPSA) is 83.9 Å². The number of methoxy groups -OCH3 is 1. The molecule has 31 heavy (non-hydrogen) atoms. The number of carbonyl (C=O) groups is 1. The van der Waals surface area contributed by atoms with Crippen molar-refractivity contribution in [1.82, 2.24) is 4.98 Å². The number of esters is 1. The van der Waals surface area contributed by atoms with Crippen LogP contribution in [-0.4, -0.2) is 29.5 Å². The van der Waals surface area contributed by atoms with Gasteiger partial charge in [-0.1, -0.05) is 67.1 Å². The monoisotopic (exact) mass is 415 g/mol. The lowest BCUT2D eigenvalue weighted by Crippen LogP contribution is -2.18. The van der Waals surface area contributed by atoms with E-state index in [9.17, 15) is 9.59 Å². The number of ether oxygens (including phenoxy) is 1. The van der Waals surface area contributed by atoms with Crippen molar-refractivity contribution in [2.75, 3.05) is 7.11 Å². The van der Waals surface area contributed by atoms with Crippen LogP contribution in [0.15, 0.2) is 75.7 Å². The number of aromatic amines is 1. The number of nitrogens with zero attached hydrogens (tertiary/aromatic N) is 2. The largest absolute Gasteiger partial charge is 0.465 e. The summed E-state index contributed by atoms with van der Waals surface area (Å²) in [5.41, 5.74) is 4.89. The highest BCUT2D eigenvalue weighted by atomic mass is 16.5. The third kappa shape index (κ3) is 5.04. The Morgan fingerprint density at radius 1 is 1.03 bits per heavy atom. The van der Waals surface area contributed by atoms with Crippen molar-refractivity contribution in [2.45, 2.75) is 27.2 Å². The van der Waals surface area contributed by atoms with E-state index in [2.05, 4.69) is 15.2 Å². The summed E-state index contributed by atoms with van der Waals surface area (Å²) in [6.45, 7) is 5.75. The van der Waals surface area contributed by atoms with Gasteiger partial charge in [-0.2, -0.15) is 10.2 Å². The molecule has 158 valence electrons. The SMILES string of the molecule is CC/C(=N/N=C(/C)c1c(C(=O)OC)cc(=O)[nH]c1-c1ccc(C)cc1)c1ccccc1. The molecule has 0 atom stereocenters. The van der Waals surface area contributed by atoms with Gasteiger partial charge in [0.25, 0.3) is 0 Å².